The van der Waals surface area contributed by atoms with Crippen LogP contribution < -0.4 is 0 Å². The lowest BCUT2D eigenvalue weighted by Crippen LogP contribution is -2.74. The molecule has 0 aromatic heterocycles. The summed E-state index contributed by atoms with van der Waals surface area (Å²) >= 11 is 1.74. The Bertz CT molecular complexity index is 690. The minimum absolute atomic E-state index is 0.133. The molecule has 7 atom stereocenters. The predicted octanol–water partition coefficient (Wildman–Crippen LogP) is 4.11. The Labute approximate surface area is 183 Å². The van der Waals surface area contributed by atoms with E-state index >= 15 is 0 Å². The third-order valence-electron chi connectivity index (χ3n) is 6.50. The molecule has 2 aliphatic heterocycles. The number of rotatable bonds is 7. The van der Waals surface area contributed by atoms with E-state index in [9.17, 15) is 0 Å². The highest BCUT2D eigenvalue weighted by Crippen LogP contribution is 2.52. The Morgan fingerprint density at radius 2 is 1.63 bits per heavy atom. The molecule has 7 heteroatoms. The molecule has 0 N–H and O–H groups in total. The van der Waals surface area contributed by atoms with Crippen molar-refractivity contribution in [2.75, 3.05) is 20.0 Å². The molecule has 1 aliphatic carbocycles. The molecule has 0 amide bonds. The Balaban J connectivity index is 1.62. The molecule has 3 aliphatic rings. The van der Waals surface area contributed by atoms with Crippen LogP contribution in [0.3, 0.4) is 0 Å². The highest BCUT2D eigenvalue weighted by molar-refractivity contribution is 7.99. The van der Waals surface area contributed by atoms with Gasteiger partial charge in [0, 0.05) is 27.1 Å². The molecule has 6 nitrogen and oxygen atoms in total. The lowest BCUT2D eigenvalue weighted by molar-refractivity contribution is -0.488. The second-order valence-corrected chi connectivity index (χ2v) is 9.59. The van der Waals surface area contributed by atoms with E-state index < -0.39 is 11.6 Å². The largest absolute Gasteiger partial charge is 0.367 e. The first kappa shape index (κ1) is 22.5. The second kappa shape index (κ2) is 9.45. The van der Waals surface area contributed by atoms with Gasteiger partial charge in [-0.3, -0.25) is 0 Å². The summed E-state index contributed by atoms with van der Waals surface area (Å²) in [7, 11) is 3.36. The van der Waals surface area contributed by atoms with Crippen LogP contribution in [0.5, 0.6) is 0 Å². The molecule has 2 saturated heterocycles. The van der Waals surface area contributed by atoms with E-state index in [0.29, 0.717) is 6.61 Å². The van der Waals surface area contributed by atoms with Crippen LogP contribution in [0.2, 0.25) is 0 Å². The first-order chi connectivity index (χ1) is 14.6. The maximum Gasteiger partial charge on any atom is 0.223 e. The molecule has 0 unspecified atom stereocenters. The van der Waals surface area contributed by atoms with Crippen LogP contribution in [-0.4, -0.2) is 61.4 Å². The molecule has 0 bridgehead atoms. The van der Waals surface area contributed by atoms with Crippen LogP contribution in [0.25, 0.3) is 0 Å². The number of fused-ring (bicyclic) bond motifs is 2. The normalized spacial score (nSPS) is 41.1. The summed E-state index contributed by atoms with van der Waals surface area (Å²) in [4.78, 5) is 0. The van der Waals surface area contributed by atoms with Crippen molar-refractivity contribution in [1.82, 2.24) is 0 Å². The molecule has 168 valence electrons. The lowest BCUT2D eigenvalue weighted by Gasteiger charge is -2.60. The van der Waals surface area contributed by atoms with Gasteiger partial charge in [-0.1, -0.05) is 37.3 Å². The molecule has 4 rings (SSSR count). The van der Waals surface area contributed by atoms with E-state index in [2.05, 4.69) is 19.1 Å². The van der Waals surface area contributed by atoms with Gasteiger partial charge in [0.05, 0.1) is 12.7 Å². The highest BCUT2D eigenvalue weighted by Gasteiger charge is 2.66. The van der Waals surface area contributed by atoms with Gasteiger partial charge in [-0.2, -0.15) is 0 Å². The minimum Gasteiger partial charge on any atom is -0.367 e. The molecule has 0 radical (unpaired) electrons. The first-order valence-corrected chi connectivity index (χ1v) is 12.0. The SMILES string of the molecule is CCS[C@@H]1O[C@@H](C)[C@@H]2O[C@@]3(OC)CCCC[C@]3(OC)O[C@H]2[C@H]1OCc1ccccc1. The summed E-state index contributed by atoms with van der Waals surface area (Å²) in [5.41, 5.74) is 0.987. The van der Waals surface area contributed by atoms with E-state index in [1.54, 1.807) is 26.0 Å². The van der Waals surface area contributed by atoms with Gasteiger partial charge in [0.2, 0.25) is 11.6 Å². The maximum atomic E-state index is 6.78. The van der Waals surface area contributed by atoms with Crippen molar-refractivity contribution >= 4 is 11.8 Å². The van der Waals surface area contributed by atoms with E-state index in [1.807, 2.05) is 25.1 Å². The minimum atomic E-state index is -0.936. The Morgan fingerprint density at radius 1 is 1.00 bits per heavy atom. The fraction of sp³-hybridized carbons (Fsp3) is 0.739. The van der Waals surface area contributed by atoms with E-state index in [0.717, 1.165) is 37.0 Å². The second-order valence-electron chi connectivity index (χ2n) is 8.21. The van der Waals surface area contributed by atoms with E-state index in [1.165, 1.54) is 0 Å². The Morgan fingerprint density at radius 3 is 2.23 bits per heavy atom. The average Bonchev–Trinajstić information content (AvgIpc) is 2.78. The highest BCUT2D eigenvalue weighted by atomic mass is 32.2. The van der Waals surface area contributed by atoms with Crippen molar-refractivity contribution in [1.29, 1.82) is 0 Å². The molecular formula is C23H34O6S. The summed E-state index contributed by atoms with van der Waals surface area (Å²) in [6.07, 6.45) is 2.47. The standard InChI is InChI=1S/C23H34O6S/c1-5-30-21-20(26-15-17-11-7-6-8-12-17)19-18(16(2)27-21)28-22(24-3)13-9-10-14-23(22,25-4)29-19/h6-8,11-12,16,18-21H,5,9-10,13-15H2,1-4H3/t16-,18-,19+,20+,21-,22-,23-/m0/s1. The third-order valence-corrected chi connectivity index (χ3v) is 7.54. The van der Waals surface area contributed by atoms with Gasteiger partial charge in [0.15, 0.2) is 0 Å². The molecule has 1 saturated carbocycles. The van der Waals surface area contributed by atoms with Crippen LogP contribution in [0.15, 0.2) is 30.3 Å². The third kappa shape index (κ3) is 3.94. The molecule has 3 fully saturated rings. The van der Waals surface area contributed by atoms with E-state index in [-0.39, 0.29) is 29.9 Å². The number of thioether (sulfide) groups is 1. The summed E-state index contributed by atoms with van der Waals surface area (Å²) < 4.78 is 38.2. The van der Waals surface area contributed by atoms with Gasteiger partial charge in [0.25, 0.3) is 0 Å². The number of methoxy groups -OCH3 is 2. The van der Waals surface area contributed by atoms with Crippen molar-refractivity contribution < 1.29 is 28.4 Å². The molecular weight excluding hydrogens is 404 g/mol. The monoisotopic (exact) mass is 438 g/mol. The van der Waals surface area contributed by atoms with Crippen molar-refractivity contribution in [3.05, 3.63) is 35.9 Å². The predicted molar refractivity (Wildman–Crippen MR) is 115 cm³/mol. The molecule has 0 spiro atoms. The maximum absolute atomic E-state index is 6.78. The summed E-state index contributed by atoms with van der Waals surface area (Å²) in [5, 5.41) is 0. The smallest absolute Gasteiger partial charge is 0.223 e. The molecule has 1 aromatic rings. The molecule has 30 heavy (non-hydrogen) atoms. The first-order valence-electron chi connectivity index (χ1n) is 11.0. The summed E-state index contributed by atoms with van der Waals surface area (Å²) in [6, 6.07) is 10.2. The quantitative estimate of drug-likeness (QED) is 0.635. The van der Waals surface area contributed by atoms with Gasteiger partial charge in [-0.05, 0) is 31.1 Å². The number of hydrogen-bond donors (Lipinski definition) is 0. The van der Waals surface area contributed by atoms with Gasteiger partial charge >= 0.3 is 0 Å². The zero-order valence-corrected chi connectivity index (χ0v) is 19.2. The Hall–Kier alpha value is -0.670. The van der Waals surface area contributed by atoms with Gasteiger partial charge < -0.3 is 28.4 Å². The zero-order chi connectivity index (χ0) is 21.2. The average molecular weight is 439 g/mol. The van der Waals surface area contributed by atoms with Crippen LogP contribution >= 0.6 is 11.8 Å². The Kier molecular flexibility index (Phi) is 7.09. The van der Waals surface area contributed by atoms with Gasteiger partial charge in [0.1, 0.15) is 23.7 Å². The fourth-order valence-electron chi connectivity index (χ4n) is 4.96. The summed E-state index contributed by atoms with van der Waals surface area (Å²) in [5.74, 6) is -0.931. The van der Waals surface area contributed by atoms with Crippen molar-refractivity contribution in [3.8, 4) is 0 Å². The van der Waals surface area contributed by atoms with Crippen LogP contribution in [0.1, 0.15) is 45.1 Å². The molecule has 2 heterocycles. The van der Waals surface area contributed by atoms with Crippen LogP contribution in [0.4, 0.5) is 0 Å². The zero-order valence-electron chi connectivity index (χ0n) is 18.4. The topological polar surface area (TPSA) is 55.4 Å². The van der Waals surface area contributed by atoms with E-state index in [4.69, 9.17) is 28.4 Å². The van der Waals surface area contributed by atoms with Crippen LogP contribution in [0, 0.1) is 0 Å². The summed E-state index contributed by atoms with van der Waals surface area (Å²) in [6.45, 7) is 4.67. The van der Waals surface area contributed by atoms with Crippen molar-refractivity contribution in [2.45, 2.75) is 87.6 Å². The van der Waals surface area contributed by atoms with Crippen molar-refractivity contribution in [2.24, 2.45) is 0 Å². The molecule has 1 aromatic carbocycles. The van der Waals surface area contributed by atoms with Crippen LogP contribution in [-0.2, 0) is 35.0 Å². The number of ether oxygens (including phenoxy) is 6. The van der Waals surface area contributed by atoms with Gasteiger partial charge in [-0.15, -0.1) is 11.8 Å². The lowest BCUT2D eigenvalue weighted by atomic mass is 9.84. The fourth-order valence-corrected chi connectivity index (χ4v) is 5.96. The number of benzene rings is 1. The van der Waals surface area contributed by atoms with Gasteiger partial charge in [-0.25, -0.2) is 0 Å². The number of hydrogen-bond acceptors (Lipinski definition) is 7. The van der Waals surface area contributed by atoms with Crippen molar-refractivity contribution in [3.63, 3.8) is 0 Å².